The van der Waals surface area contributed by atoms with Gasteiger partial charge in [-0.3, -0.25) is 8.98 Å². The minimum atomic E-state index is -2.62. The summed E-state index contributed by atoms with van der Waals surface area (Å²) >= 11 is -2.62. The van der Waals surface area contributed by atoms with E-state index in [1.807, 2.05) is 0 Å². The van der Waals surface area contributed by atoms with Gasteiger partial charge in [0.2, 0.25) is 5.91 Å². The molecule has 7 heteroatoms. The molecule has 72 valence electrons. The van der Waals surface area contributed by atoms with Gasteiger partial charge < -0.3 is 15.0 Å². The first-order valence-electron chi connectivity index (χ1n) is 3.17. The van der Waals surface area contributed by atoms with Crippen molar-refractivity contribution in [2.45, 2.75) is 13.0 Å². The third-order valence-electron chi connectivity index (χ3n) is 0.943. The lowest BCUT2D eigenvalue weighted by Crippen LogP contribution is -2.33. The Bertz CT molecular complexity index is 155. The molecule has 0 aromatic heterocycles. The number of carbonyl (C=O) groups excluding carboxylic acids is 1. The zero-order valence-corrected chi connectivity index (χ0v) is 7.30. The summed E-state index contributed by atoms with van der Waals surface area (Å²) in [6.45, 7) is 0.919. The topological polar surface area (TPSA) is 98.7 Å². The number of nitrogens with one attached hydrogen (secondary N) is 1. The van der Waals surface area contributed by atoms with Crippen molar-refractivity contribution in [2.24, 2.45) is 0 Å². The number of hydrogen-bond acceptors (Lipinski definition) is 5. The Labute approximate surface area is 72.4 Å². The monoisotopic (exact) mass is 196 g/mol. The second kappa shape index (κ2) is 6.06. The predicted molar refractivity (Wildman–Crippen MR) is 39.6 cm³/mol. The van der Waals surface area contributed by atoms with Gasteiger partial charge in [0.1, 0.15) is 0 Å². The van der Waals surface area contributed by atoms with E-state index in [9.17, 15) is 13.6 Å². The van der Waals surface area contributed by atoms with Gasteiger partial charge in [-0.2, -0.15) is 0 Å². The van der Waals surface area contributed by atoms with Crippen molar-refractivity contribution in [1.82, 2.24) is 5.32 Å². The summed E-state index contributed by atoms with van der Waals surface area (Å²) in [6, 6.07) is 0. The molecule has 2 atom stereocenters. The van der Waals surface area contributed by atoms with Gasteiger partial charge in [-0.1, -0.05) is 0 Å². The third kappa shape index (κ3) is 7.61. The summed E-state index contributed by atoms with van der Waals surface area (Å²) in [5.41, 5.74) is 0. The van der Waals surface area contributed by atoms with Crippen LogP contribution in [0.3, 0.4) is 0 Å². The largest absolute Gasteiger partial charge is 0.750 e. The van der Waals surface area contributed by atoms with E-state index in [4.69, 9.17) is 5.11 Å². The number of carbonyl (C=O) groups is 1. The third-order valence-corrected chi connectivity index (χ3v) is 1.27. The maximum absolute atomic E-state index is 10.3. The molecule has 0 aliphatic rings. The van der Waals surface area contributed by atoms with Gasteiger partial charge in [0, 0.05) is 13.5 Å². The molecule has 0 aliphatic heterocycles. The maximum Gasteiger partial charge on any atom is 0.216 e. The molecule has 0 fully saturated rings. The molecule has 2 unspecified atom stereocenters. The standard InChI is InChI=1S/C5H11NO5S/c1-4(7)6-2-5(8)3-11-12(9)10/h5,8H,2-3H2,1H3,(H,6,7)(H,9,10)/p-1. The molecular formula is C5H10NO5S-. The first-order chi connectivity index (χ1) is 5.52. The molecule has 0 aromatic rings. The normalized spacial score (nSPS) is 15.2. The van der Waals surface area contributed by atoms with Gasteiger partial charge in [0.05, 0.1) is 24.1 Å². The number of hydrogen-bond donors (Lipinski definition) is 2. The molecule has 2 N–H and O–H groups in total. The summed E-state index contributed by atoms with van der Waals surface area (Å²) < 4.78 is 23.7. The summed E-state index contributed by atoms with van der Waals surface area (Å²) in [5.74, 6) is -0.294. The zero-order valence-electron chi connectivity index (χ0n) is 6.48. The van der Waals surface area contributed by atoms with Crippen LogP contribution in [0, 0.1) is 0 Å². The molecule has 0 aliphatic carbocycles. The number of aliphatic hydroxyl groups excluding tert-OH is 1. The van der Waals surface area contributed by atoms with Gasteiger partial charge >= 0.3 is 0 Å². The Morgan fingerprint density at radius 2 is 2.42 bits per heavy atom. The second-order valence-electron chi connectivity index (χ2n) is 2.08. The number of amides is 1. The quantitative estimate of drug-likeness (QED) is 0.510. The van der Waals surface area contributed by atoms with E-state index in [1.54, 1.807) is 0 Å². The van der Waals surface area contributed by atoms with Crippen molar-refractivity contribution in [3.63, 3.8) is 0 Å². The molecule has 0 heterocycles. The highest BCUT2D eigenvalue weighted by Gasteiger charge is 2.04. The van der Waals surface area contributed by atoms with Crippen molar-refractivity contribution in [2.75, 3.05) is 13.2 Å². The minimum absolute atomic E-state index is 0.0213. The SMILES string of the molecule is CC(=O)NCC(O)COS(=O)[O-]. The predicted octanol–water partition coefficient (Wildman–Crippen LogP) is -1.71. The average molecular weight is 196 g/mol. The van der Waals surface area contributed by atoms with Crippen LogP contribution in [0.2, 0.25) is 0 Å². The van der Waals surface area contributed by atoms with Gasteiger partial charge in [-0.05, 0) is 0 Å². The van der Waals surface area contributed by atoms with Gasteiger partial charge in [0.15, 0.2) is 0 Å². The van der Waals surface area contributed by atoms with E-state index >= 15 is 0 Å². The lowest BCUT2D eigenvalue weighted by Gasteiger charge is -2.11. The molecule has 12 heavy (non-hydrogen) atoms. The molecular weight excluding hydrogens is 186 g/mol. The van der Waals surface area contributed by atoms with Crippen LogP contribution in [0.1, 0.15) is 6.92 Å². The fourth-order valence-corrected chi connectivity index (χ4v) is 0.723. The van der Waals surface area contributed by atoms with E-state index in [1.165, 1.54) is 6.92 Å². The van der Waals surface area contributed by atoms with E-state index in [0.29, 0.717) is 0 Å². The Morgan fingerprint density at radius 1 is 1.83 bits per heavy atom. The molecule has 0 aromatic carbocycles. The van der Waals surface area contributed by atoms with Crippen molar-refractivity contribution < 1.29 is 22.8 Å². The molecule has 6 nitrogen and oxygen atoms in total. The van der Waals surface area contributed by atoms with Crippen LogP contribution in [0.25, 0.3) is 0 Å². The van der Waals surface area contributed by atoms with Crippen LogP contribution in [0.5, 0.6) is 0 Å². The van der Waals surface area contributed by atoms with Gasteiger partial charge in [-0.25, -0.2) is 4.21 Å². The van der Waals surface area contributed by atoms with Crippen LogP contribution in [0.15, 0.2) is 0 Å². The van der Waals surface area contributed by atoms with Gasteiger partial charge in [0.25, 0.3) is 0 Å². The lowest BCUT2D eigenvalue weighted by molar-refractivity contribution is -0.119. The zero-order chi connectivity index (χ0) is 9.56. The molecule has 1 amide bonds. The summed E-state index contributed by atoms with van der Waals surface area (Å²) in [7, 11) is 0. The highest BCUT2D eigenvalue weighted by molar-refractivity contribution is 7.74. The molecule has 0 bridgehead atoms. The van der Waals surface area contributed by atoms with Gasteiger partial charge in [-0.15, -0.1) is 0 Å². The van der Waals surface area contributed by atoms with Crippen molar-refractivity contribution in [3.8, 4) is 0 Å². The first kappa shape index (κ1) is 11.5. The van der Waals surface area contributed by atoms with Crippen molar-refractivity contribution in [1.29, 1.82) is 0 Å². The summed E-state index contributed by atoms with van der Waals surface area (Å²) in [6.07, 6.45) is -1.01. The van der Waals surface area contributed by atoms with E-state index in [0.717, 1.165) is 0 Å². The number of rotatable bonds is 5. The Morgan fingerprint density at radius 3 is 2.83 bits per heavy atom. The fourth-order valence-electron chi connectivity index (χ4n) is 0.455. The van der Waals surface area contributed by atoms with Crippen LogP contribution in [0.4, 0.5) is 0 Å². The van der Waals surface area contributed by atoms with Crippen LogP contribution < -0.4 is 5.32 Å². The smallest absolute Gasteiger partial charge is 0.216 e. The molecule has 0 spiro atoms. The average Bonchev–Trinajstić information content (AvgIpc) is 1.96. The van der Waals surface area contributed by atoms with Crippen molar-refractivity contribution >= 4 is 17.3 Å². The van der Waals surface area contributed by atoms with E-state index < -0.39 is 17.5 Å². The van der Waals surface area contributed by atoms with E-state index in [2.05, 4.69) is 9.50 Å². The maximum atomic E-state index is 10.3. The summed E-state index contributed by atoms with van der Waals surface area (Å²) in [5, 5.41) is 11.2. The number of aliphatic hydroxyl groups is 1. The van der Waals surface area contributed by atoms with Crippen LogP contribution in [-0.4, -0.2) is 39.0 Å². The highest BCUT2D eigenvalue weighted by Crippen LogP contribution is 1.85. The van der Waals surface area contributed by atoms with Crippen LogP contribution in [-0.2, 0) is 20.3 Å². The minimum Gasteiger partial charge on any atom is -0.750 e. The Hall–Kier alpha value is -0.500. The first-order valence-corrected chi connectivity index (χ1v) is 4.17. The lowest BCUT2D eigenvalue weighted by atomic mass is 10.4. The Kier molecular flexibility index (Phi) is 5.81. The second-order valence-corrected chi connectivity index (χ2v) is 2.72. The summed E-state index contributed by atoms with van der Waals surface area (Å²) in [4.78, 5) is 10.3. The Balaban J connectivity index is 3.39. The molecule has 0 saturated heterocycles. The highest BCUT2D eigenvalue weighted by atomic mass is 32.2. The van der Waals surface area contributed by atoms with Crippen molar-refractivity contribution in [3.05, 3.63) is 0 Å². The molecule has 0 saturated carbocycles. The molecule has 0 radical (unpaired) electrons. The molecule has 0 rings (SSSR count). The van der Waals surface area contributed by atoms with Crippen LogP contribution >= 0.6 is 0 Å². The fraction of sp³-hybridized carbons (Fsp3) is 0.800. The van der Waals surface area contributed by atoms with E-state index in [-0.39, 0.29) is 19.1 Å².